The minimum Gasteiger partial charge on any atom is -0.483 e. The quantitative estimate of drug-likeness (QED) is 0.841. The third-order valence-corrected chi connectivity index (χ3v) is 3.38. The van der Waals surface area contributed by atoms with E-state index in [1.165, 1.54) is 0 Å². The van der Waals surface area contributed by atoms with Crippen molar-refractivity contribution in [3.05, 3.63) is 29.3 Å². The maximum atomic E-state index is 11.9. The van der Waals surface area contributed by atoms with Gasteiger partial charge in [0.15, 0.2) is 6.61 Å². The molecule has 0 aromatic heterocycles. The van der Waals surface area contributed by atoms with E-state index in [4.69, 9.17) is 10.5 Å². The molecule has 0 bridgehead atoms. The lowest BCUT2D eigenvalue weighted by molar-refractivity contribution is -0.124. The molecule has 1 atom stereocenters. The molecular formula is C16H26N2O2. The molecule has 4 nitrogen and oxygen atoms in total. The van der Waals surface area contributed by atoms with Crippen LogP contribution < -0.4 is 15.8 Å². The van der Waals surface area contributed by atoms with Crippen LogP contribution in [-0.4, -0.2) is 18.1 Å². The number of rotatable bonds is 6. The molecule has 0 aliphatic heterocycles. The predicted molar refractivity (Wildman–Crippen MR) is 81.8 cm³/mol. The van der Waals surface area contributed by atoms with E-state index in [-0.39, 0.29) is 24.1 Å². The fourth-order valence-electron chi connectivity index (χ4n) is 1.80. The zero-order chi connectivity index (χ0) is 15.3. The van der Waals surface area contributed by atoms with E-state index < -0.39 is 0 Å². The lowest BCUT2D eigenvalue weighted by Gasteiger charge is -2.24. The second-order valence-corrected chi connectivity index (χ2v) is 5.90. The van der Waals surface area contributed by atoms with Crippen LogP contribution in [0.25, 0.3) is 0 Å². The van der Waals surface area contributed by atoms with Gasteiger partial charge in [0.05, 0.1) is 0 Å². The number of benzene rings is 1. The Morgan fingerprint density at radius 1 is 1.45 bits per heavy atom. The molecule has 3 N–H and O–H groups in total. The SMILES string of the molecule is CCC(C)(C)NC(=O)COc1ccc(C)cc1C(C)N. The van der Waals surface area contributed by atoms with Gasteiger partial charge in [-0.15, -0.1) is 0 Å². The number of ether oxygens (including phenoxy) is 1. The number of nitrogens with two attached hydrogens (primary N) is 1. The lowest BCUT2D eigenvalue weighted by atomic mass is 10.0. The first-order valence-corrected chi connectivity index (χ1v) is 7.05. The second-order valence-electron chi connectivity index (χ2n) is 5.90. The van der Waals surface area contributed by atoms with Gasteiger partial charge in [0.1, 0.15) is 5.75 Å². The molecule has 0 aliphatic carbocycles. The first kappa shape index (κ1) is 16.5. The van der Waals surface area contributed by atoms with Crippen LogP contribution in [0.3, 0.4) is 0 Å². The van der Waals surface area contributed by atoms with E-state index in [0.717, 1.165) is 17.5 Å². The zero-order valence-electron chi connectivity index (χ0n) is 13.1. The fraction of sp³-hybridized carbons (Fsp3) is 0.562. The van der Waals surface area contributed by atoms with Gasteiger partial charge in [-0.1, -0.05) is 24.6 Å². The van der Waals surface area contributed by atoms with Crippen molar-refractivity contribution >= 4 is 5.91 Å². The van der Waals surface area contributed by atoms with Crippen molar-refractivity contribution in [2.75, 3.05) is 6.61 Å². The molecule has 0 saturated carbocycles. The van der Waals surface area contributed by atoms with Crippen molar-refractivity contribution < 1.29 is 9.53 Å². The second kappa shape index (κ2) is 6.75. The Morgan fingerprint density at radius 3 is 2.65 bits per heavy atom. The Labute approximate surface area is 121 Å². The van der Waals surface area contributed by atoms with Crippen LogP contribution in [0.4, 0.5) is 0 Å². The predicted octanol–water partition coefficient (Wildman–Crippen LogP) is 2.70. The molecule has 1 amide bonds. The van der Waals surface area contributed by atoms with Gasteiger partial charge in [-0.25, -0.2) is 0 Å². The number of carbonyl (C=O) groups is 1. The summed E-state index contributed by atoms with van der Waals surface area (Å²) in [4.78, 5) is 11.9. The molecule has 1 rings (SSSR count). The van der Waals surface area contributed by atoms with Crippen LogP contribution in [0.1, 0.15) is 51.3 Å². The molecule has 4 heteroatoms. The average molecular weight is 278 g/mol. The highest BCUT2D eigenvalue weighted by atomic mass is 16.5. The van der Waals surface area contributed by atoms with Gasteiger partial charge >= 0.3 is 0 Å². The summed E-state index contributed by atoms with van der Waals surface area (Å²) < 4.78 is 5.61. The van der Waals surface area contributed by atoms with E-state index in [1.54, 1.807) is 0 Å². The number of hydrogen-bond donors (Lipinski definition) is 2. The molecule has 1 aromatic rings. The van der Waals surface area contributed by atoms with Crippen LogP contribution in [0.2, 0.25) is 0 Å². The molecule has 0 fully saturated rings. The summed E-state index contributed by atoms with van der Waals surface area (Å²) >= 11 is 0. The smallest absolute Gasteiger partial charge is 0.258 e. The number of amides is 1. The Kier molecular flexibility index (Phi) is 5.57. The van der Waals surface area contributed by atoms with Gasteiger partial charge < -0.3 is 15.8 Å². The van der Waals surface area contributed by atoms with E-state index >= 15 is 0 Å². The highest BCUT2D eigenvalue weighted by Crippen LogP contribution is 2.25. The van der Waals surface area contributed by atoms with Gasteiger partial charge in [-0.05, 0) is 40.2 Å². The molecule has 20 heavy (non-hydrogen) atoms. The summed E-state index contributed by atoms with van der Waals surface area (Å²) in [5.41, 5.74) is 7.77. The maximum Gasteiger partial charge on any atom is 0.258 e. The summed E-state index contributed by atoms with van der Waals surface area (Å²) in [6.45, 7) is 9.93. The summed E-state index contributed by atoms with van der Waals surface area (Å²) in [5.74, 6) is 0.558. The monoisotopic (exact) mass is 278 g/mol. The summed E-state index contributed by atoms with van der Waals surface area (Å²) in [6, 6.07) is 5.69. The maximum absolute atomic E-state index is 11.9. The van der Waals surface area contributed by atoms with Crippen LogP contribution in [0.15, 0.2) is 18.2 Å². The topological polar surface area (TPSA) is 64.3 Å². The van der Waals surface area contributed by atoms with Gasteiger partial charge in [0, 0.05) is 17.1 Å². The fourth-order valence-corrected chi connectivity index (χ4v) is 1.80. The molecule has 0 saturated heterocycles. The molecular weight excluding hydrogens is 252 g/mol. The number of carbonyl (C=O) groups excluding carboxylic acids is 1. The minimum absolute atomic E-state index is 0.00616. The first-order valence-electron chi connectivity index (χ1n) is 7.05. The van der Waals surface area contributed by atoms with E-state index in [9.17, 15) is 4.79 Å². The van der Waals surface area contributed by atoms with Gasteiger partial charge in [0.2, 0.25) is 0 Å². The molecule has 112 valence electrons. The third-order valence-electron chi connectivity index (χ3n) is 3.38. The third kappa shape index (κ3) is 4.85. The molecule has 1 aromatic carbocycles. The van der Waals surface area contributed by atoms with Crippen molar-refractivity contribution in [1.29, 1.82) is 0 Å². The van der Waals surface area contributed by atoms with Crippen LogP contribution in [0, 0.1) is 6.92 Å². The highest BCUT2D eigenvalue weighted by Gasteiger charge is 2.18. The van der Waals surface area contributed by atoms with Gasteiger partial charge in [0.25, 0.3) is 5.91 Å². The molecule has 1 unspecified atom stereocenters. The standard InChI is InChI=1S/C16H26N2O2/c1-6-16(4,5)18-15(19)10-20-14-8-7-11(2)9-13(14)12(3)17/h7-9,12H,6,10,17H2,1-5H3,(H,18,19). The average Bonchev–Trinajstić information content (AvgIpc) is 2.36. The Morgan fingerprint density at radius 2 is 2.10 bits per heavy atom. The van der Waals surface area contributed by atoms with Crippen LogP contribution in [-0.2, 0) is 4.79 Å². The van der Waals surface area contributed by atoms with Gasteiger partial charge in [-0.2, -0.15) is 0 Å². The first-order chi connectivity index (χ1) is 9.25. The van der Waals surface area contributed by atoms with E-state index in [1.807, 2.05) is 52.8 Å². The van der Waals surface area contributed by atoms with Crippen LogP contribution >= 0.6 is 0 Å². The normalized spacial score (nSPS) is 12.9. The molecule has 0 spiro atoms. The van der Waals surface area contributed by atoms with E-state index in [0.29, 0.717) is 5.75 Å². The largest absolute Gasteiger partial charge is 0.483 e. The number of nitrogens with one attached hydrogen (secondary N) is 1. The minimum atomic E-state index is -0.211. The lowest BCUT2D eigenvalue weighted by Crippen LogP contribution is -2.44. The Hall–Kier alpha value is -1.55. The summed E-state index contributed by atoms with van der Waals surface area (Å²) in [7, 11) is 0. The Bertz CT molecular complexity index is 468. The number of hydrogen-bond acceptors (Lipinski definition) is 3. The van der Waals surface area contributed by atoms with Gasteiger partial charge in [-0.3, -0.25) is 4.79 Å². The molecule has 0 heterocycles. The number of aryl methyl sites for hydroxylation is 1. The van der Waals surface area contributed by atoms with E-state index in [2.05, 4.69) is 5.32 Å². The van der Waals surface area contributed by atoms with Crippen molar-refractivity contribution in [3.8, 4) is 5.75 Å². The van der Waals surface area contributed by atoms with Crippen molar-refractivity contribution in [2.24, 2.45) is 5.73 Å². The highest BCUT2D eigenvalue weighted by molar-refractivity contribution is 5.78. The molecule has 0 radical (unpaired) electrons. The molecule has 0 aliphatic rings. The zero-order valence-corrected chi connectivity index (χ0v) is 13.1. The summed E-state index contributed by atoms with van der Waals surface area (Å²) in [6.07, 6.45) is 0.869. The van der Waals surface area contributed by atoms with Crippen LogP contribution in [0.5, 0.6) is 5.75 Å². The van der Waals surface area contributed by atoms with Crippen molar-refractivity contribution in [3.63, 3.8) is 0 Å². The van der Waals surface area contributed by atoms with Crippen molar-refractivity contribution in [1.82, 2.24) is 5.32 Å². The Balaban J connectivity index is 2.68. The van der Waals surface area contributed by atoms with Crippen molar-refractivity contribution in [2.45, 2.75) is 52.6 Å². The summed E-state index contributed by atoms with van der Waals surface area (Å²) in [5, 5.41) is 2.94.